The Morgan fingerprint density at radius 1 is 1.12 bits per heavy atom. The van der Waals surface area contributed by atoms with E-state index in [-0.39, 0.29) is 50.0 Å². The van der Waals surface area contributed by atoms with Crippen LogP contribution in [0.25, 0.3) is 11.0 Å². The van der Waals surface area contributed by atoms with Crippen LogP contribution in [0.1, 0.15) is 40.0 Å². The van der Waals surface area contributed by atoms with Gasteiger partial charge in [-0.3, -0.25) is 14.4 Å². The van der Waals surface area contributed by atoms with Crippen molar-refractivity contribution in [1.82, 2.24) is 24.8 Å². The predicted molar refractivity (Wildman–Crippen MR) is 184 cm³/mol. The van der Waals surface area contributed by atoms with Gasteiger partial charge < -0.3 is 29.3 Å². The molecule has 0 saturated carbocycles. The van der Waals surface area contributed by atoms with Crippen LogP contribution in [0.3, 0.4) is 0 Å². The van der Waals surface area contributed by atoms with Gasteiger partial charge in [0.15, 0.2) is 0 Å². The van der Waals surface area contributed by atoms with E-state index in [4.69, 9.17) is 9.47 Å². The second-order valence-corrected chi connectivity index (χ2v) is 13.5. The number of anilines is 1. The fourth-order valence-corrected chi connectivity index (χ4v) is 8.12. The van der Waals surface area contributed by atoms with Crippen LogP contribution < -0.4 is 9.64 Å². The fourth-order valence-electron chi connectivity index (χ4n) is 8.12. The van der Waals surface area contributed by atoms with Crippen LogP contribution in [-0.2, 0) is 25.8 Å². The maximum atomic E-state index is 14.9. The fraction of sp³-hybridized carbons (Fsp3) is 0.486. The number of aromatic nitrogens is 3. The number of fused-ring (bicyclic) bond motifs is 2. The number of rotatable bonds is 15. The highest BCUT2D eigenvalue weighted by Crippen LogP contribution is 2.59. The molecule has 3 aliphatic rings. The lowest BCUT2D eigenvalue weighted by Gasteiger charge is -2.39. The maximum absolute atomic E-state index is 14.9. The second kappa shape index (κ2) is 14.1. The first-order valence-electron chi connectivity index (χ1n) is 17.1. The number of benzene rings is 2. The van der Waals surface area contributed by atoms with E-state index in [1.54, 1.807) is 31.5 Å². The Hall–Kier alpha value is -4.55. The van der Waals surface area contributed by atoms with Gasteiger partial charge >= 0.3 is 0 Å². The van der Waals surface area contributed by atoms with Gasteiger partial charge in [0.25, 0.3) is 0 Å². The van der Waals surface area contributed by atoms with Crippen LogP contribution in [0, 0.1) is 17.8 Å². The zero-order chi connectivity index (χ0) is 34.9. The molecule has 6 rings (SSSR count). The molecule has 12 heteroatoms. The van der Waals surface area contributed by atoms with Crippen molar-refractivity contribution in [2.75, 3.05) is 31.2 Å². The van der Waals surface area contributed by atoms with Crippen molar-refractivity contribution in [3.8, 4) is 5.75 Å². The summed E-state index contributed by atoms with van der Waals surface area (Å²) in [7, 11) is 0. The van der Waals surface area contributed by atoms with Gasteiger partial charge in [-0.2, -0.15) is 0 Å². The summed E-state index contributed by atoms with van der Waals surface area (Å²) in [4.78, 5) is 49.1. The predicted octanol–water partition coefficient (Wildman–Crippen LogP) is 3.80. The summed E-state index contributed by atoms with van der Waals surface area (Å²) in [6, 6.07) is 13.0. The summed E-state index contributed by atoms with van der Waals surface area (Å²) in [6.07, 6.45) is 4.17. The van der Waals surface area contributed by atoms with E-state index in [1.165, 1.54) is 0 Å². The average Bonchev–Trinajstić information content (AvgIpc) is 3.85. The van der Waals surface area contributed by atoms with Gasteiger partial charge in [-0.1, -0.05) is 43.3 Å². The summed E-state index contributed by atoms with van der Waals surface area (Å²) in [6.45, 7) is 14.4. The number of amides is 3. The number of carbonyl (C=O) groups excluding carboxylic acids is 3. The lowest BCUT2D eigenvalue weighted by atomic mass is 9.70. The Bertz CT molecular complexity index is 1710. The van der Waals surface area contributed by atoms with Crippen LogP contribution in [0.5, 0.6) is 5.75 Å². The smallest absolute Gasteiger partial charge is 0.250 e. The summed E-state index contributed by atoms with van der Waals surface area (Å²) in [5, 5.41) is 19.2. The van der Waals surface area contributed by atoms with Gasteiger partial charge in [-0.25, -0.2) is 4.68 Å². The number of aliphatic hydroxyl groups excluding tert-OH is 1. The molecule has 0 aliphatic carbocycles. The Morgan fingerprint density at radius 3 is 2.53 bits per heavy atom. The summed E-state index contributed by atoms with van der Waals surface area (Å²) < 4.78 is 14.0. The summed E-state index contributed by atoms with van der Waals surface area (Å²) >= 11 is 0. The van der Waals surface area contributed by atoms with Gasteiger partial charge in [0.05, 0.1) is 42.7 Å². The molecular formula is C37H46N6O6. The third-order valence-electron chi connectivity index (χ3n) is 10.0. The van der Waals surface area contributed by atoms with Gasteiger partial charge in [0.1, 0.15) is 29.6 Å². The average molecular weight is 671 g/mol. The highest BCUT2D eigenvalue weighted by Gasteiger charge is 2.75. The molecule has 1 N–H and O–H groups in total. The number of likely N-dealkylation sites (tertiary alicyclic amines) is 1. The molecule has 4 heterocycles. The van der Waals surface area contributed by atoms with E-state index >= 15 is 0 Å². The molecule has 6 atom stereocenters. The van der Waals surface area contributed by atoms with Gasteiger partial charge in [-0.15, -0.1) is 18.3 Å². The number of carbonyl (C=O) groups is 3. The Kier molecular flexibility index (Phi) is 9.89. The molecule has 2 aromatic carbocycles. The number of para-hydroxylation sites is 1. The number of aliphatic hydroxyl groups is 1. The van der Waals surface area contributed by atoms with Crippen molar-refractivity contribution in [3.05, 3.63) is 73.8 Å². The van der Waals surface area contributed by atoms with Crippen molar-refractivity contribution >= 4 is 34.4 Å². The van der Waals surface area contributed by atoms with E-state index in [9.17, 15) is 19.5 Å². The maximum Gasteiger partial charge on any atom is 0.250 e. The molecule has 1 spiro atoms. The van der Waals surface area contributed by atoms with Crippen LogP contribution in [0.15, 0.2) is 73.8 Å². The number of hydrogen-bond donors (Lipinski definition) is 1. The van der Waals surface area contributed by atoms with Gasteiger partial charge in [0, 0.05) is 18.8 Å². The minimum absolute atomic E-state index is 0.0647. The summed E-state index contributed by atoms with van der Waals surface area (Å²) in [5.74, 6) is -1.86. The van der Waals surface area contributed by atoms with Crippen molar-refractivity contribution in [2.45, 2.75) is 70.5 Å². The minimum Gasteiger partial charge on any atom is -0.494 e. The normalized spacial score (nSPS) is 24.7. The Labute approximate surface area is 286 Å². The Morgan fingerprint density at radius 2 is 1.86 bits per heavy atom. The third-order valence-corrected chi connectivity index (χ3v) is 10.0. The number of ether oxygens (including phenoxy) is 2. The molecule has 3 aliphatic heterocycles. The molecular weight excluding hydrogens is 624 g/mol. The number of nitrogens with zero attached hydrogens (tertiary/aromatic N) is 6. The van der Waals surface area contributed by atoms with E-state index in [1.807, 2.05) is 69.3 Å². The Balaban J connectivity index is 1.39. The molecule has 2 unspecified atom stereocenters. The third kappa shape index (κ3) is 6.01. The van der Waals surface area contributed by atoms with Crippen LogP contribution >= 0.6 is 0 Å². The molecule has 3 aromatic rings. The molecule has 3 amide bonds. The highest BCUT2D eigenvalue weighted by molar-refractivity contribution is 6.03. The van der Waals surface area contributed by atoms with Crippen LogP contribution in [0.2, 0.25) is 0 Å². The standard InChI is InChI=1S/C37H46N6O6/c1-6-19-40(23-42-29-12-10-9-11-28(29)38-39-42)36(47)33-37-18-17-30(49-37)31(32(37)35(46)43(33)26(22-44)21-24(4)5)34(45)41(20-7-2)25-13-15-27(16-14-25)48-8-3/h6-7,9-16,24,26,30-33,44H,1-2,8,17-23H2,3-5H3/t26-,30+,31-,32+,33?,37?/m1/s1. The van der Waals surface area contributed by atoms with Crippen molar-refractivity contribution in [1.29, 1.82) is 0 Å². The summed E-state index contributed by atoms with van der Waals surface area (Å²) in [5.41, 5.74) is 0.850. The highest BCUT2D eigenvalue weighted by atomic mass is 16.5. The first-order valence-corrected chi connectivity index (χ1v) is 17.1. The number of hydrogen-bond acceptors (Lipinski definition) is 8. The molecule has 49 heavy (non-hydrogen) atoms. The lowest BCUT2D eigenvalue weighted by molar-refractivity contribution is -0.152. The van der Waals surface area contributed by atoms with E-state index < -0.39 is 35.6 Å². The zero-order valence-corrected chi connectivity index (χ0v) is 28.5. The molecule has 12 nitrogen and oxygen atoms in total. The van der Waals surface area contributed by atoms with E-state index in [2.05, 4.69) is 23.5 Å². The minimum atomic E-state index is -1.24. The molecule has 2 bridgehead atoms. The topological polar surface area (TPSA) is 130 Å². The van der Waals surface area contributed by atoms with Crippen LogP contribution in [0.4, 0.5) is 5.69 Å². The van der Waals surface area contributed by atoms with Crippen molar-refractivity contribution in [3.63, 3.8) is 0 Å². The SMILES string of the molecule is C=CCN(Cn1nnc2ccccc21)C(=O)C1N([C@@H](CO)CC(C)C)C(=O)[C@@H]2[C@H](C(=O)N(CC=C)c3ccc(OCC)cc3)[C@@H]3CCC12O3. The quantitative estimate of drug-likeness (QED) is 0.242. The molecule has 0 radical (unpaired) electrons. The molecule has 260 valence electrons. The molecule has 1 aromatic heterocycles. The molecule has 3 saturated heterocycles. The first kappa shape index (κ1) is 34.3. The lowest BCUT2D eigenvalue weighted by Crippen LogP contribution is -2.59. The zero-order valence-electron chi connectivity index (χ0n) is 28.5. The van der Waals surface area contributed by atoms with Gasteiger partial charge in [-0.05, 0) is 68.5 Å². The van der Waals surface area contributed by atoms with Crippen molar-refractivity contribution < 1.29 is 29.0 Å². The van der Waals surface area contributed by atoms with Crippen LogP contribution in [-0.4, -0.2) is 97.7 Å². The second-order valence-electron chi connectivity index (χ2n) is 13.5. The largest absolute Gasteiger partial charge is 0.494 e. The van der Waals surface area contributed by atoms with Crippen molar-refractivity contribution in [2.24, 2.45) is 17.8 Å². The first-order chi connectivity index (χ1) is 23.7. The molecule has 3 fully saturated rings. The monoisotopic (exact) mass is 670 g/mol. The van der Waals surface area contributed by atoms with Gasteiger partial charge in [0.2, 0.25) is 17.7 Å². The van der Waals surface area contributed by atoms with E-state index in [0.29, 0.717) is 42.8 Å². The van der Waals surface area contributed by atoms with E-state index in [0.717, 1.165) is 5.52 Å².